The number of aryl methyl sites for hydroxylation is 2. The van der Waals surface area contributed by atoms with Crippen molar-refractivity contribution < 1.29 is 0 Å². The molecule has 0 aliphatic carbocycles. The normalized spacial score (nSPS) is 11.9. The Morgan fingerprint density at radius 1 is 1.50 bits per heavy atom. The molecular weight excluding hydrogens is 200 g/mol. The lowest BCUT2D eigenvalue weighted by Crippen LogP contribution is -2.29. The quantitative estimate of drug-likeness (QED) is 0.776. The largest absolute Gasteiger partial charge is 0.354 e. The Bertz CT molecular complexity index is 394. The van der Waals surface area contributed by atoms with Crippen LogP contribution in [0.3, 0.4) is 0 Å². The van der Waals surface area contributed by atoms with Crippen molar-refractivity contribution in [2.45, 2.75) is 27.7 Å². The second-order valence-corrected chi connectivity index (χ2v) is 3.99. The van der Waals surface area contributed by atoms with E-state index in [1.807, 2.05) is 20.8 Å². The molecular formula is C12H18N4. The van der Waals surface area contributed by atoms with Crippen LogP contribution in [0.15, 0.2) is 6.20 Å². The zero-order valence-corrected chi connectivity index (χ0v) is 10.4. The van der Waals surface area contributed by atoms with Crippen molar-refractivity contribution in [3.8, 4) is 6.07 Å². The van der Waals surface area contributed by atoms with Crippen molar-refractivity contribution in [3.63, 3.8) is 0 Å². The molecule has 86 valence electrons. The molecule has 4 heteroatoms. The highest BCUT2D eigenvalue weighted by Crippen LogP contribution is 2.16. The van der Waals surface area contributed by atoms with Gasteiger partial charge in [0.1, 0.15) is 5.82 Å². The fourth-order valence-electron chi connectivity index (χ4n) is 1.56. The van der Waals surface area contributed by atoms with Crippen molar-refractivity contribution in [2.24, 2.45) is 5.92 Å². The highest BCUT2D eigenvalue weighted by molar-refractivity contribution is 5.43. The van der Waals surface area contributed by atoms with Crippen LogP contribution in [0.1, 0.15) is 25.2 Å². The third kappa shape index (κ3) is 2.93. The van der Waals surface area contributed by atoms with Gasteiger partial charge < -0.3 is 4.90 Å². The van der Waals surface area contributed by atoms with Crippen molar-refractivity contribution >= 4 is 5.82 Å². The van der Waals surface area contributed by atoms with Gasteiger partial charge in [0.05, 0.1) is 23.4 Å². The topological polar surface area (TPSA) is 52.8 Å². The molecule has 1 heterocycles. The Labute approximate surface area is 96.9 Å². The average Bonchev–Trinajstić information content (AvgIpc) is 2.29. The predicted molar refractivity (Wildman–Crippen MR) is 64.2 cm³/mol. The lowest BCUT2D eigenvalue weighted by atomic mass is 10.2. The monoisotopic (exact) mass is 218 g/mol. The molecule has 0 aliphatic rings. The molecule has 1 aromatic rings. The first kappa shape index (κ1) is 12.4. The summed E-state index contributed by atoms with van der Waals surface area (Å²) in [6.45, 7) is 9.39. The number of hydrogen-bond donors (Lipinski definition) is 0. The van der Waals surface area contributed by atoms with E-state index >= 15 is 0 Å². The summed E-state index contributed by atoms with van der Waals surface area (Å²) in [5, 5.41) is 8.84. The Kier molecular flexibility index (Phi) is 4.24. The summed E-state index contributed by atoms with van der Waals surface area (Å²) in [4.78, 5) is 10.9. The van der Waals surface area contributed by atoms with Gasteiger partial charge in [-0.1, -0.05) is 0 Å². The Hall–Kier alpha value is -1.63. The Morgan fingerprint density at radius 3 is 2.75 bits per heavy atom. The van der Waals surface area contributed by atoms with E-state index in [-0.39, 0.29) is 5.92 Å². The molecule has 0 N–H and O–H groups in total. The summed E-state index contributed by atoms with van der Waals surface area (Å²) in [6, 6.07) is 2.24. The standard InChI is InChI=1S/C12H18N4/c1-5-16(8-9(2)6-13)12-11(4)14-7-10(3)15-12/h7,9H,5,8H2,1-4H3. The van der Waals surface area contributed by atoms with Crippen LogP contribution < -0.4 is 4.90 Å². The smallest absolute Gasteiger partial charge is 0.150 e. The molecule has 0 bridgehead atoms. The molecule has 0 saturated carbocycles. The summed E-state index contributed by atoms with van der Waals surface area (Å²) in [7, 11) is 0. The van der Waals surface area contributed by atoms with Crippen LogP contribution in [0.2, 0.25) is 0 Å². The molecule has 1 atom stereocenters. The molecule has 4 nitrogen and oxygen atoms in total. The molecule has 16 heavy (non-hydrogen) atoms. The van der Waals surface area contributed by atoms with E-state index in [0.29, 0.717) is 6.54 Å². The minimum absolute atomic E-state index is 0.00154. The van der Waals surface area contributed by atoms with E-state index in [1.54, 1.807) is 6.20 Å². The molecule has 0 aliphatic heterocycles. The fourth-order valence-corrected chi connectivity index (χ4v) is 1.56. The maximum absolute atomic E-state index is 8.84. The first-order chi connectivity index (χ1) is 7.58. The van der Waals surface area contributed by atoms with Crippen LogP contribution in [-0.4, -0.2) is 23.1 Å². The molecule has 1 unspecified atom stereocenters. The van der Waals surface area contributed by atoms with E-state index in [9.17, 15) is 0 Å². The van der Waals surface area contributed by atoms with Crippen LogP contribution in [0.25, 0.3) is 0 Å². The minimum atomic E-state index is 0.00154. The minimum Gasteiger partial charge on any atom is -0.354 e. The van der Waals surface area contributed by atoms with Gasteiger partial charge in [0.2, 0.25) is 0 Å². The SMILES string of the molecule is CCN(CC(C)C#N)c1nc(C)cnc1C. The van der Waals surface area contributed by atoms with Gasteiger partial charge in [-0.15, -0.1) is 0 Å². The summed E-state index contributed by atoms with van der Waals surface area (Å²) < 4.78 is 0. The summed E-state index contributed by atoms with van der Waals surface area (Å²) in [5.74, 6) is 0.895. The molecule has 0 radical (unpaired) electrons. The van der Waals surface area contributed by atoms with Gasteiger partial charge in [0.15, 0.2) is 0 Å². The Balaban J connectivity index is 2.95. The van der Waals surface area contributed by atoms with E-state index in [2.05, 4.69) is 27.9 Å². The predicted octanol–water partition coefficient (Wildman–Crippen LogP) is 2.08. The van der Waals surface area contributed by atoms with E-state index in [4.69, 9.17) is 5.26 Å². The van der Waals surface area contributed by atoms with Crippen LogP contribution >= 0.6 is 0 Å². The van der Waals surface area contributed by atoms with E-state index in [1.165, 1.54) is 0 Å². The van der Waals surface area contributed by atoms with E-state index < -0.39 is 0 Å². The van der Waals surface area contributed by atoms with Gasteiger partial charge in [0, 0.05) is 19.3 Å². The molecule has 1 rings (SSSR count). The van der Waals surface area contributed by atoms with Crippen molar-refractivity contribution in [2.75, 3.05) is 18.0 Å². The first-order valence-corrected chi connectivity index (χ1v) is 5.53. The molecule has 0 aromatic carbocycles. The summed E-state index contributed by atoms with van der Waals surface area (Å²) in [6.07, 6.45) is 1.76. The van der Waals surface area contributed by atoms with Gasteiger partial charge in [-0.25, -0.2) is 4.98 Å². The van der Waals surface area contributed by atoms with Crippen molar-refractivity contribution in [3.05, 3.63) is 17.6 Å². The van der Waals surface area contributed by atoms with Gasteiger partial charge >= 0.3 is 0 Å². The number of hydrogen-bond acceptors (Lipinski definition) is 4. The lowest BCUT2D eigenvalue weighted by molar-refractivity contribution is 0.674. The second kappa shape index (κ2) is 5.45. The van der Waals surface area contributed by atoms with Crippen LogP contribution in [-0.2, 0) is 0 Å². The average molecular weight is 218 g/mol. The van der Waals surface area contributed by atoms with Gasteiger partial charge in [-0.3, -0.25) is 4.98 Å². The van der Waals surface area contributed by atoms with Crippen LogP contribution in [0.5, 0.6) is 0 Å². The van der Waals surface area contributed by atoms with Crippen LogP contribution in [0, 0.1) is 31.1 Å². The van der Waals surface area contributed by atoms with Gasteiger partial charge in [0.25, 0.3) is 0 Å². The molecule has 0 spiro atoms. The van der Waals surface area contributed by atoms with Crippen molar-refractivity contribution in [1.29, 1.82) is 5.26 Å². The fraction of sp³-hybridized carbons (Fsp3) is 0.583. The zero-order chi connectivity index (χ0) is 12.1. The number of rotatable bonds is 4. The zero-order valence-electron chi connectivity index (χ0n) is 10.4. The van der Waals surface area contributed by atoms with E-state index in [0.717, 1.165) is 23.8 Å². The Morgan fingerprint density at radius 2 is 2.19 bits per heavy atom. The third-order valence-corrected chi connectivity index (χ3v) is 2.45. The highest BCUT2D eigenvalue weighted by Gasteiger charge is 2.13. The lowest BCUT2D eigenvalue weighted by Gasteiger charge is -2.24. The molecule has 0 saturated heterocycles. The van der Waals surface area contributed by atoms with Gasteiger partial charge in [-0.2, -0.15) is 5.26 Å². The van der Waals surface area contributed by atoms with Crippen LogP contribution in [0.4, 0.5) is 5.82 Å². The van der Waals surface area contributed by atoms with Gasteiger partial charge in [-0.05, 0) is 27.7 Å². The number of nitriles is 1. The first-order valence-electron chi connectivity index (χ1n) is 5.53. The summed E-state index contributed by atoms with van der Waals surface area (Å²) >= 11 is 0. The summed E-state index contributed by atoms with van der Waals surface area (Å²) in [5.41, 5.74) is 1.82. The maximum Gasteiger partial charge on any atom is 0.150 e. The highest BCUT2D eigenvalue weighted by atomic mass is 15.2. The maximum atomic E-state index is 8.84. The second-order valence-electron chi connectivity index (χ2n) is 3.99. The number of aromatic nitrogens is 2. The van der Waals surface area contributed by atoms with Crippen molar-refractivity contribution in [1.82, 2.24) is 9.97 Å². The third-order valence-electron chi connectivity index (χ3n) is 2.45. The molecule has 1 aromatic heterocycles. The molecule has 0 amide bonds. The number of anilines is 1. The number of nitrogens with zero attached hydrogens (tertiary/aromatic N) is 4. The molecule has 0 fully saturated rings.